The normalized spacial score (nSPS) is 10.3. The molecule has 5 heteroatoms. The molecule has 2 heterocycles. The molecule has 0 aliphatic carbocycles. The molecule has 0 aromatic carbocycles. The van der Waals surface area contributed by atoms with E-state index in [1.54, 1.807) is 23.5 Å². The minimum atomic E-state index is -0.965. The summed E-state index contributed by atoms with van der Waals surface area (Å²) in [6.07, 6.45) is 0. The Balaban J connectivity index is 2.20. The van der Waals surface area contributed by atoms with E-state index in [-0.39, 0.29) is 5.56 Å². The Morgan fingerprint density at radius 3 is 2.78 bits per heavy atom. The maximum absolute atomic E-state index is 11.1. The van der Waals surface area contributed by atoms with Gasteiger partial charge in [0.2, 0.25) is 0 Å². The third-order valence-electron chi connectivity index (χ3n) is 2.65. The van der Waals surface area contributed by atoms with Crippen LogP contribution in [-0.4, -0.2) is 16.1 Å². The van der Waals surface area contributed by atoms with Crippen molar-refractivity contribution in [1.29, 1.82) is 0 Å². The third-order valence-corrected chi connectivity index (χ3v) is 3.67. The number of carboxylic acids is 1. The second kappa shape index (κ2) is 5.18. The molecule has 4 nitrogen and oxygen atoms in total. The standard InChI is InChI=1S/C13H14N2O2S/c1-8-5-6-18-11(8)7-14-12-10(13(16)17)4-3-9(2)15-12/h3-6H,7H2,1-2H3,(H,14,15)(H,16,17). The molecule has 0 aliphatic heterocycles. The molecular weight excluding hydrogens is 248 g/mol. The van der Waals surface area contributed by atoms with Crippen molar-refractivity contribution in [2.75, 3.05) is 5.32 Å². The summed E-state index contributed by atoms with van der Waals surface area (Å²) in [6, 6.07) is 5.32. The van der Waals surface area contributed by atoms with Gasteiger partial charge in [0.05, 0.1) is 6.54 Å². The zero-order valence-electron chi connectivity index (χ0n) is 10.2. The molecule has 0 atom stereocenters. The molecule has 0 radical (unpaired) electrons. The second-order valence-electron chi connectivity index (χ2n) is 4.03. The van der Waals surface area contributed by atoms with Crippen LogP contribution < -0.4 is 5.32 Å². The molecule has 0 bridgehead atoms. The average Bonchev–Trinajstić information content (AvgIpc) is 2.72. The zero-order valence-corrected chi connectivity index (χ0v) is 11.0. The third kappa shape index (κ3) is 2.68. The van der Waals surface area contributed by atoms with Crippen LogP contribution in [0.1, 0.15) is 26.5 Å². The van der Waals surface area contributed by atoms with Crippen LogP contribution in [0.25, 0.3) is 0 Å². The van der Waals surface area contributed by atoms with Gasteiger partial charge in [0.15, 0.2) is 0 Å². The number of carboxylic acid groups (broad SMARTS) is 1. The van der Waals surface area contributed by atoms with E-state index in [0.29, 0.717) is 12.4 Å². The van der Waals surface area contributed by atoms with E-state index in [4.69, 9.17) is 5.11 Å². The van der Waals surface area contributed by atoms with Crippen molar-refractivity contribution >= 4 is 23.1 Å². The van der Waals surface area contributed by atoms with Crippen molar-refractivity contribution in [3.63, 3.8) is 0 Å². The number of anilines is 1. The molecule has 0 spiro atoms. The van der Waals surface area contributed by atoms with E-state index in [1.807, 2.05) is 25.3 Å². The van der Waals surface area contributed by atoms with Gasteiger partial charge in [-0.1, -0.05) is 0 Å². The van der Waals surface area contributed by atoms with Crippen LogP contribution in [0.2, 0.25) is 0 Å². The van der Waals surface area contributed by atoms with Crippen LogP contribution in [0.3, 0.4) is 0 Å². The summed E-state index contributed by atoms with van der Waals surface area (Å²) in [5.74, 6) is -0.539. The highest BCUT2D eigenvalue weighted by atomic mass is 32.1. The number of pyridine rings is 1. The highest BCUT2D eigenvalue weighted by Gasteiger charge is 2.11. The van der Waals surface area contributed by atoms with Crippen molar-refractivity contribution in [3.05, 3.63) is 45.3 Å². The molecule has 0 saturated heterocycles. The topological polar surface area (TPSA) is 62.2 Å². The van der Waals surface area contributed by atoms with Gasteiger partial charge in [-0.05, 0) is 43.0 Å². The van der Waals surface area contributed by atoms with E-state index >= 15 is 0 Å². The minimum Gasteiger partial charge on any atom is -0.478 e. The van der Waals surface area contributed by atoms with E-state index in [9.17, 15) is 4.79 Å². The Bertz CT molecular complexity index is 578. The lowest BCUT2D eigenvalue weighted by Crippen LogP contribution is -2.08. The van der Waals surface area contributed by atoms with E-state index in [0.717, 1.165) is 5.69 Å². The summed E-state index contributed by atoms with van der Waals surface area (Å²) in [5.41, 5.74) is 2.21. The fourth-order valence-corrected chi connectivity index (χ4v) is 2.46. The molecule has 94 valence electrons. The van der Waals surface area contributed by atoms with Crippen LogP contribution in [0.5, 0.6) is 0 Å². The molecule has 0 saturated carbocycles. The summed E-state index contributed by atoms with van der Waals surface area (Å²) in [4.78, 5) is 16.5. The number of nitrogens with zero attached hydrogens (tertiary/aromatic N) is 1. The van der Waals surface area contributed by atoms with Crippen molar-refractivity contribution < 1.29 is 9.90 Å². The number of rotatable bonds is 4. The number of nitrogens with one attached hydrogen (secondary N) is 1. The summed E-state index contributed by atoms with van der Waals surface area (Å²) in [5, 5.41) is 14.2. The maximum atomic E-state index is 11.1. The van der Waals surface area contributed by atoms with Crippen LogP contribution >= 0.6 is 11.3 Å². The summed E-state index contributed by atoms with van der Waals surface area (Å²) in [6.45, 7) is 4.47. The van der Waals surface area contributed by atoms with Gasteiger partial charge in [0.1, 0.15) is 11.4 Å². The second-order valence-corrected chi connectivity index (χ2v) is 5.03. The first-order valence-corrected chi connectivity index (χ1v) is 6.43. The lowest BCUT2D eigenvalue weighted by Gasteiger charge is -2.09. The van der Waals surface area contributed by atoms with E-state index in [2.05, 4.69) is 10.3 Å². The first-order valence-electron chi connectivity index (χ1n) is 5.55. The quantitative estimate of drug-likeness (QED) is 0.889. The number of aromatic carboxylic acids is 1. The summed E-state index contributed by atoms with van der Waals surface area (Å²) >= 11 is 1.65. The summed E-state index contributed by atoms with van der Waals surface area (Å²) in [7, 11) is 0. The number of carbonyl (C=O) groups is 1. The average molecular weight is 262 g/mol. The zero-order chi connectivity index (χ0) is 13.1. The van der Waals surface area contributed by atoms with Gasteiger partial charge in [-0.25, -0.2) is 9.78 Å². The lowest BCUT2D eigenvalue weighted by molar-refractivity contribution is 0.0697. The molecule has 2 rings (SSSR count). The van der Waals surface area contributed by atoms with E-state index < -0.39 is 5.97 Å². The highest BCUT2D eigenvalue weighted by molar-refractivity contribution is 7.10. The van der Waals surface area contributed by atoms with Gasteiger partial charge in [-0.3, -0.25) is 0 Å². The van der Waals surface area contributed by atoms with Crippen LogP contribution in [0, 0.1) is 13.8 Å². The number of aryl methyl sites for hydroxylation is 2. The molecule has 0 unspecified atom stereocenters. The van der Waals surface area contributed by atoms with Crippen molar-refractivity contribution in [2.45, 2.75) is 20.4 Å². The Morgan fingerprint density at radius 1 is 1.39 bits per heavy atom. The number of hydrogen-bond acceptors (Lipinski definition) is 4. The van der Waals surface area contributed by atoms with Crippen molar-refractivity contribution in [1.82, 2.24) is 4.98 Å². The van der Waals surface area contributed by atoms with Gasteiger partial charge >= 0.3 is 5.97 Å². The fourth-order valence-electron chi connectivity index (χ4n) is 1.61. The van der Waals surface area contributed by atoms with Gasteiger partial charge in [0.25, 0.3) is 0 Å². The highest BCUT2D eigenvalue weighted by Crippen LogP contribution is 2.19. The first-order chi connectivity index (χ1) is 8.58. The monoisotopic (exact) mass is 262 g/mol. The molecule has 18 heavy (non-hydrogen) atoms. The van der Waals surface area contributed by atoms with Crippen molar-refractivity contribution in [2.24, 2.45) is 0 Å². The maximum Gasteiger partial charge on any atom is 0.339 e. The molecule has 2 aromatic rings. The van der Waals surface area contributed by atoms with Crippen LogP contribution in [-0.2, 0) is 6.54 Å². The molecule has 0 aliphatic rings. The SMILES string of the molecule is Cc1ccc(C(=O)O)c(NCc2sccc2C)n1. The Labute approximate surface area is 109 Å². The van der Waals surface area contributed by atoms with Gasteiger partial charge in [-0.2, -0.15) is 0 Å². The lowest BCUT2D eigenvalue weighted by atomic mass is 10.2. The number of hydrogen-bond donors (Lipinski definition) is 2. The summed E-state index contributed by atoms with van der Waals surface area (Å²) < 4.78 is 0. The Hall–Kier alpha value is -1.88. The van der Waals surface area contributed by atoms with Crippen LogP contribution in [0.4, 0.5) is 5.82 Å². The minimum absolute atomic E-state index is 0.204. The van der Waals surface area contributed by atoms with Gasteiger partial charge in [-0.15, -0.1) is 11.3 Å². The largest absolute Gasteiger partial charge is 0.478 e. The van der Waals surface area contributed by atoms with E-state index in [1.165, 1.54) is 10.4 Å². The smallest absolute Gasteiger partial charge is 0.339 e. The molecule has 2 N–H and O–H groups in total. The molecule has 0 amide bonds. The number of thiophene rings is 1. The molecule has 0 fully saturated rings. The molecular formula is C13H14N2O2S. The predicted octanol–water partition coefficient (Wildman–Crippen LogP) is 3.07. The van der Waals surface area contributed by atoms with Crippen molar-refractivity contribution in [3.8, 4) is 0 Å². The Kier molecular flexibility index (Phi) is 3.62. The van der Waals surface area contributed by atoms with Gasteiger partial charge < -0.3 is 10.4 Å². The van der Waals surface area contributed by atoms with Crippen LogP contribution in [0.15, 0.2) is 23.6 Å². The molecule has 2 aromatic heterocycles. The number of aromatic nitrogens is 1. The first kappa shape index (κ1) is 12.6. The predicted molar refractivity (Wildman–Crippen MR) is 72.3 cm³/mol. The Morgan fingerprint density at radius 2 is 2.17 bits per heavy atom. The van der Waals surface area contributed by atoms with Gasteiger partial charge in [0, 0.05) is 10.6 Å². The fraction of sp³-hybridized carbons (Fsp3) is 0.231.